The molecule has 0 aromatic carbocycles. The molecule has 1 aliphatic heterocycles. The first-order chi connectivity index (χ1) is 6.49. The number of aliphatic carboxylic acids is 1. The lowest BCUT2D eigenvalue weighted by molar-refractivity contribution is -0.129. The molecule has 1 unspecified atom stereocenters. The zero-order valence-electron chi connectivity index (χ0n) is 8.41. The van der Waals surface area contributed by atoms with Crippen molar-refractivity contribution in [3.63, 3.8) is 0 Å². The van der Waals surface area contributed by atoms with Gasteiger partial charge in [0.1, 0.15) is 11.3 Å². The normalized spacial score (nSPS) is 22.4. The average molecular weight is 217 g/mol. The number of carboxylic acid groups (broad SMARTS) is 1. The molecule has 0 radical (unpaired) electrons. The van der Waals surface area contributed by atoms with Gasteiger partial charge in [-0.05, 0) is 20.8 Å². The van der Waals surface area contributed by atoms with Crippen molar-refractivity contribution in [1.29, 1.82) is 0 Å². The van der Waals surface area contributed by atoms with E-state index in [1.807, 2.05) is 18.7 Å². The quantitative estimate of drug-likeness (QED) is 0.715. The number of hydrogen-bond acceptors (Lipinski definition) is 3. The highest BCUT2D eigenvalue weighted by Gasteiger charge is 2.26. The van der Waals surface area contributed by atoms with Gasteiger partial charge in [0, 0.05) is 12.1 Å². The summed E-state index contributed by atoms with van der Waals surface area (Å²) in [6, 6.07) is 0. The van der Waals surface area contributed by atoms with Crippen LogP contribution >= 0.6 is 11.6 Å². The van der Waals surface area contributed by atoms with Crippen LogP contribution in [0.5, 0.6) is 0 Å². The van der Waals surface area contributed by atoms with Gasteiger partial charge in [0.2, 0.25) is 0 Å². The predicted octanol–water partition coefficient (Wildman–Crippen LogP) is 1.66. The fourth-order valence-electron chi connectivity index (χ4n) is 1.45. The molecule has 1 rings (SSSR count). The van der Waals surface area contributed by atoms with E-state index in [0.29, 0.717) is 17.3 Å². The van der Waals surface area contributed by atoms with E-state index in [1.165, 1.54) is 0 Å². The molecule has 0 aliphatic carbocycles. The summed E-state index contributed by atoms with van der Waals surface area (Å²) >= 11 is 6.03. The van der Waals surface area contributed by atoms with Crippen LogP contribution in [0.1, 0.15) is 20.8 Å². The molecule has 1 atom stereocenters. The van der Waals surface area contributed by atoms with Gasteiger partial charge < -0.3 is 10.0 Å². The molecule has 0 saturated heterocycles. The fourth-order valence-corrected chi connectivity index (χ4v) is 1.80. The van der Waals surface area contributed by atoms with Crippen LogP contribution in [0.15, 0.2) is 15.7 Å². The number of hydrogen-bond donors (Lipinski definition) is 1. The van der Waals surface area contributed by atoms with Crippen LogP contribution in [-0.4, -0.2) is 34.4 Å². The van der Waals surface area contributed by atoms with E-state index in [4.69, 9.17) is 16.7 Å². The zero-order valence-corrected chi connectivity index (χ0v) is 9.17. The second-order valence-corrected chi connectivity index (χ2v) is 3.47. The number of nitrogens with zero attached hydrogens (tertiary/aromatic N) is 2. The summed E-state index contributed by atoms with van der Waals surface area (Å²) in [6.45, 7) is 6.16. The number of carbonyl (C=O) groups is 1. The SMILES string of the molecule is CCN1C(Cl)=C(C)C(C(=O)O)=NC1C. The third-order valence-corrected chi connectivity index (χ3v) is 2.73. The molecule has 1 aliphatic rings. The first-order valence-electron chi connectivity index (χ1n) is 4.43. The van der Waals surface area contributed by atoms with Gasteiger partial charge in [-0.3, -0.25) is 4.99 Å². The van der Waals surface area contributed by atoms with Crippen molar-refractivity contribution in [3.05, 3.63) is 10.7 Å². The van der Waals surface area contributed by atoms with E-state index < -0.39 is 5.97 Å². The summed E-state index contributed by atoms with van der Waals surface area (Å²) in [7, 11) is 0. The van der Waals surface area contributed by atoms with Gasteiger partial charge in [-0.1, -0.05) is 11.6 Å². The van der Waals surface area contributed by atoms with Gasteiger partial charge in [-0.15, -0.1) is 0 Å². The summed E-state index contributed by atoms with van der Waals surface area (Å²) in [5.41, 5.74) is 0.589. The minimum atomic E-state index is -1.02. The maximum atomic E-state index is 10.8. The standard InChI is InChI=1S/C9H13ClN2O2/c1-4-12-6(3)11-7(9(13)14)5(2)8(12)10/h6H,4H2,1-3H3,(H,13,14). The van der Waals surface area contributed by atoms with Crippen LogP contribution in [0.3, 0.4) is 0 Å². The smallest absolute Gasteiger partial charge is 0.354 e. The molecule has 1 N–H and O–H groups in total. The third kappa shape index (κ3) is 1.75. The summed E-state index contributed by atoms with van der Waals surface area (Å²) in [5, 5.41) is 9.34. The van der Waals surface area contributed by atoms with Gasteiger partial charge in [0.05, 0.1) is 0 Å². The van der Waals surface area contributed by atoms with Crippen LogP contribution < -0.4 is 0 Å². The van der Waals surface area contributed by atoms with Crippen molar-refractivity contribution in [2.45, 2.75) is 26.9 Å². The minimum absolute atomic E-state index is 0.0622. The third-order valence-electron chi connectivity index (χ3n) is 2.23. The summed E-state index contributed by atoms with van der Waals surface area (Å²) in [5.74, 6) is -1.02. The fraction of sp³-hybridized carbons (Fsp3) is 0.556. The van der Waals surface area contributed by atoms with E-state index in [2.05, 4.69) is 4.99 Å². The Kier molecular flexibility index (Phi) is 3.16. The molecule has 78 valence electrons. The Bertz CT molecular complexity index is 323. The molecule has 0 bridgehead atoms. The van der Waals surface area contributed by atoms with Crippen LogP contribution in [0.4, 0.5) is 0 Å². The first-order valence-corrected chi connectivity index (χ1v) is 4.81. The largest absolute Gasteiger partial charge is 0.477 e. The van der Waals surface area contributed by atoms with Crippen LogP contribution in [0, 0.1) is 0 Å². The lowest BCUT2D eigenvalue weighted by Crippen LogP contribution is -2.36. The maximum absolute atomic E-state index is 10.8. The van der Waals surface area contributed by atoms with Crippen LogP contribution in [0.25, 0.3) is 0 Å². The lowest BCUT2D eigenvalue weighted by atomic mass is 10.1. The number of aliphatic imine (C=N–C) groups is 1. The molecule has 1 heterocycles. The van der Waals surface area contributed by atoms with Gasteiger partial charge in [-0.25, -0.2) is 4.79 Å². The van der Waals surface area contributed by atoms with Crippen molar-refractivity contribution in [3.8, 4) is 0 Å². The summed E-state index contributed by atoms with van der Waals surface area (Å²) < 4.78 is 0. The Hall–Kier alpha value is -1.03. The Morgan fingerprint density at radius 3 is 2.71 bits per heavy atom. The lowest BCUT2D eigenvalue weighted by Gasteiger charge is -2.31. The Labute approximate surface area is 87.9 Å². The highest BCUT2D eigenvalue weighted by molar-refractivity contribution is 6.45. The second kappa shape index (κ2) is 4.00. The van der Waals surface area contributed by atoms with Crippen LogP contribution in [-0.2, 0) is 4.79 Å². The molecule has 0 aromatic heterocycles. The monoisotopic (exact) mass is 216 g/mol. The van der Waals surface area contributed by atoms with E-state index in [9.17, 15) is 4.79 Å². The van der Waals surface area contributed by atoms with Gasteiger partial charge in [0.25, 0.3) is 0 Å². The molecule has 0 saturated carbocycles. The van der Waals surface area contributed by atoms with Gasteiger partial charge in [-0.2, -0.15) is 0 Å². The molecular weight excluding hydrogens is 204 g/mol. The van der Waals surface area contributed by atoms with E-state index in [0.717, 1.165) is 0 Å². The van der Waals surface area contributed by atoms with Crippen LogP contribution in [0.2, 0.25) is 0 Å². The maximum Gasteiger partial charge on any atom is 0.354 e. The molecule has 4 nitrogen and oxygen atoms in total. The number of rotatable bonds is 2. The summed E-state index contributed by atoms with van der Waals surface area (Å²) in [6.07, 6.45) is -0.206. The average Bonchev–Trinajstić information content (AvgIpc) is 2.12. The number of carboxylic acids is 1. The molecule has 0 spiro atoms. The van der Waals surface area contributed by atoms with Crippen molar-refractivity contribution in [1.82, 2.24) is 4.90 Å². The van der Waals surface area contributed by atoms with Crippen molar-refractivity contribution < 1.29 is 9.90 Å². The highest BCUT2D eigenvalue weighted by Crippen LogP contribution is 2.24. The second-order valence-electron chi connectivity index (χ2n) is 3.12. The molecular formula is C9H13ClN2O2. The predicted molar refractivity (Wildman–Crippen MR) is 55.5 cm³/mol. The highest BCUT2D eigenvalue weighted by atomic mass is 35.5. The first kappa shape index (κ1) is 11.0. The topological polar surface area (TPSA) is 52.9 Å². The Morgan fingerprint density at radius 2 is 2.29 bits per heavy atom. The molecule has 0 fully saturated rings. The molecule has 5 heteroatoms. The molecule has 0 amide bonds. The van der Waals surface area contributed by atoms with E-state index in [-0.39, 0.29) is 11.9 Å². The van der Waals surface area contributed by atoms with Crippen molar-refractivity contribution in [2.75, 3.05) is 6.54 Å². The number of halogens is 1. The zero-order chi connectivity index (χ0) is 10.9. The van der Waals surface area contributed by atoms with E-state index >= 15 is 0 Å². The van der Waals surface area contributed by atoms with Gasteiger partial charge >= 0.3 is 5.97 Å². The van der Waals surface area contributed by atoms with Crippen molar-refractivity contribution in [2.24, 2.45) is 4.99 Å². The molecule has 0 aromatic rings. The Balaban J connectivity index is 3.11. The Morgan fingerprint density at radius 1 is 1.71 bits per heavy atom. The summed E-state index contributed by atoms with van der Waals surface area (Å²) in [4.78, 5) is 16.7. The molecule has 14 heavy (non-hydrogen) atoms. The van der Waals surface area contributed by atoms with E-state index in [1.54, 1.807) is 6.92 Å². The van der Waals surface area contributed by atoms with Crippen molar-refractivity contribution >= 4 is 23.3 Å². The van der Waals surface area contributed by atoms with Gasteiger partial charge in [0.15, 0.2) is 5.71 Å². The minimum Gasteiger partial charge on any atom is -0.477 e.